The van der Waals surface area contributed by atoms with Gasteiger partial charge in [0, 0.05) is 13.0 Å². The summed E-state index contributed by atoms with van der Waals surface area (Å²) in [4.78, 5) is 23.4. The zero-order chi connectivity index (χ0) is 16.7. The minimum absolute atomic E-state index is 0.264. The highest BCUT2D eigenvalue weighted by Gasteiger charge is 2.27. The summed E-state index contributed by atoms with van der Waals surface area (Å²) in [5, 5.41) is 27.1. The van der Waals surface area contributed by atoms with Crippen molar-refractivity contribution in [2.45, 2.75) is 37.5 Å². The zero-order valence-corrected chi connectivity index (χ0v) is 12.9. The molecule has 126 valence electrons. The van der Waals surface area contributed by atoms with Crippen molar-refractivity contribution in [2.24, 2.45) is 0 Å². The first kappa shape index (κ1) is 17.2. The van der Waals surface area contributed by atoms with Gasteiger partial charge in [0.1, 0.15) is 6.04 Å². The number of hydrogen-bond acceptors (Lipinski definition) is 4. The number of carboxylic acid groups (broad SMARTS) is 1. The van der Waals surface area contributed by atoms with E-state index < -0.39 is 24.1 Å². The first-order valence-corrected chi connectivity index (χ1v) is 7.79. The molecule has 0 spiro atoms. The number of hydrogen-bond donors (Lipinski definition) is 5. The van der Waals surface area contributed by atoms with E-state index in [0.29, 0.717) is 13.0 Å². The largest absolute Gasteiger partial charge is 0.465 e. The quantitative estimate of drug-likeness (QED) is 0.528. The van der Waals surface area contributed by atoms with Crippen LogP contribution in [0.5, 0.6) is 0 Å². The molecule has 0 saturated carbocycles. The van der Waals surface area contributed by atoms with Gasteiger partial charge in [0.2, 0.25) is 5.91 Å². The fourth-order valence-electron chi connectivity index (χ4n) is 2.69. The Bertz CT molecular complexity index is 523. The number of nitrogens with one attached hydrogen (secondary N) is 3. The molecule has 2 amide bonds. The van der Waals surface area contributed by atoms with Crippen molar-refractivity contribution in [1.29, 1.82) is 0 Å². The van der Waals surface area contributed by atoms with Crippen molar-refractivity contribution in [3.63, 3.8) is 0 Å². The molecule has 3 atom stereocenters. The minimum atomic E-state index is -1.25. The Hall–Kier alpha value is -2.12. The number of carbonyl (C=O) groups is 2. The molecule has 23 heavy (non-hydrogen) atoms. The van der Waals surface area contributed by atoms with Crippen molar-refractivity contribution < 1.29 is 19.8 Å². The maximum atomic E-state index is 12.4. The molecular weight excluding hydrogens is 298 g/mol. The maximum Gasteiger partial charge on any atom is 0.405 e. The monoisotopic (exact) mass is 321 g/mol. The molecule has 2 unspecified atom stereocenters. The van der Waals surface area contributed by atoms with E-state index in [1.165, 1.54) is 0 Å². The van der Waals surface area contributed by atoms with E-state index in [4.69, 9.17) is 5.11 Å². The minimum Gasteiger partial charge on any atom is -0.465 e. The maximum absolute atomic E-state index is 12.4. The SMILES string of the molecule is O=C(O)N[C@@H](Cc1ccccc1)C(=O)NC1CCCNCC1O. The van der Waals surface area contributed by atoms with E-state index in [1.807, 2.05) is 30.3 Å². The van der Waals surface area contributed by atoms with Crippen LogP contribution in [0.1, 0.15) is 18.4 Å². The van der Waals surface area contributed by atoms with Crippen molar-refractivity contribution in [2.75, 3.05) is 13.1 Å². The van der Waals surface area contributed by atoms with Crippen LogP contribution in [-0.2, 0) is 11.2 Å². The van der Waals surface area contributed by atoms with Gasteiger partial charge in [-0.2, -0.15) is 0 Å². The van der Waals surface area contributed by atoms with Crippen LogP contribution in [-0.4, -0.2) is 53.5 Å². The normalized spacial score (nSPS) is 22.7. The molecule has 7 heteroatoms. The van der Waals surface area contributed by atoms with Crippen LogP contribution >= 0.6 is 0 Å². The number of carbonyl (C=O) groups excluding carboxylic acids is 1. The second kappa shape index (κ2) is 8.50. The molecule has 1 aromatic rings. The Labute approximate surface area is 135 Å². The zero-order valence-electron chi connectivity index (χ0n) is 12.9. The third-order valence-electron chi connectivity index (χ3n) is 3.91. The number of amides is 2. The standard InChI is InChI=1S/C16H23N3O4/c20-14-10-17-8-4-7-12(14)18-15(21)13(19-16(22)23)9-11-5-2-1-3-6-11/h1-3,5-6,12-14,17,19-20H,4,7-10H2,(H,18,21)(H,22,23)/t12?,13-,14?/m0/s1. The summed E-state index contributed by atoms with van der Waals surface area (Å²) in [5.41, 5.74) is 0.865. The first-order valence-electron chi connectivity index (χ1n) is 7.79. The van der Waals surface area contributed by atoms with Gasteiger partial charge in [-0.1, -0.05) is 30.3 Å². The molecule has 1 saturated heterocycles. The predicted molar refractivity (Wildman–Crippen MR) is 85.1 cm³/mol. The van der Waals surface area contributed by atoms with Crippen molar-refractivity contribution in [3.05, 3.63) is 35.9 Å². The summed E-state index contributed by atoms with van der Waals surface area (Å²) in [5.74, 6) is -0.415. The molecule has 0 aliphatic carbocycles. The Kier molecular flexibility index (Phi) is 6.37. The van der Waals surface area contributed by atoms with E-state index in [-0.39, 0.29) is 12.5 Å². The second-order valence-electron chi connectivity index (χ2n) is 5.72. The van der Waals surface area contributed by atoms with E-state index in [2.05, 4.69) is 16.0 Å². The van der Waals surface area contributed by atoms with Gasteiger partial charge >= 0.3 is 6.09 Å². The number of aliphatic hydroxyl groups is 1. The molecule has 2 rings (SSSR count). The van der Waals surface area contributed by atoms with Gasteiger partial charge in [0.15, 0.2) is 0 Å². The Balaban J connectivity index is 2.02. The van der Waals surface area contributed by atoms with Crippen molar-refractivity contribution in [1.82, 2.24) is 16.0 Å². The van der Waals surface area contributed by atoms with Crippen LogP contribution in [0.25, 0.3) is 0 Å². The molecule has 1 heterocycles. The van der Waals surface area contributed by atoms with E-state index >= 15 is 0 Å². The van der Waals surface area contributed by atoms with Crippen molar-refractivity contribution >= 4 is 12.0 Å². The third kappa shape index (κ3) is 5.54. The van der Waals surface area contributed by atoms with Gasteiger partial charge in [-0.3, -0.25) is 4.79 Å². The third-order valence-corrected chi connectivity index (χ3v) is 3.91. The fourth-order valence-corrected chi connectivity index (χ4v) is 2.69. The summed E-state index contributed by atoms with van der Waals surface area (Å²) < 4.78 is 0. The Morgan fingerprint density at radius 2 is 2.04 bits per heavy atom. The smallest absolute Gasteiger partial charge is 0.405 e. The number of aliphatic hydroxyl groups excluding tert-OH is 1. The summed E-state index contributed by atoms with van der Waals surface area (Å²) >= 11 is 0. The summed E-state index contributed by atoms with van der Waals surface area (Å²) in [6, 6.07) is 7.96. The predicted octanol–water partition coefficient (Wildman–Crippen LogP) is 0.0944. The summed E-state index contributed by atoms with van der Waals surface area (Å²) in [6.45, 7) is 1.21. The molecule has 1 aliphatic heterocycles. The average Bonchev–Trinajstić information content (AvgIpc) is 2.72. The highest BCUT2D eigenvalue weighted by atomic mass is 16.4. The van der Waals surface area contributed by atoms with Gasteiger partial charge in [0.25, 0.3) is 0 Å². The van der Waals surface area contributed by atoms with Gasteiger partial charge in [-0.15, -0.1) is 0 Å². The molecule has 0 bridgehead atoms. The van der Waals surface area contributed by atoms with Gasteiger partial charge in [0.05, 0.1) is 12.1 Å². The lowest BCUT2D eigenvalue weighted by Gasteiger charge is -2.25. The van der Waals surface area contributed by atoms with E-state index in [1.54, 1.807) is 0 Å². The lowest BCUT2D eigenvalue weighted by molar-refractivity contribution is -0.124. The molecule has 1 aromatic carbocycles. The van der Waals surface area contributed by atoms with Crippen LogP contribution in [0.3, 0.4) is 0 Å². The highest BCUT2D eigenvalue weighted by molar-refractivity contribution is 5.85. The highest BCUT2D eigenvalue weighted by Crippen LogP contribution is 2.08. The molecule has 5 N–H and O–H groups in total. The van der Waals surface area contributed by atoms with Crippen LogP contribution in [0.4, 0.5) is 4.79 Å². The lowest BCUT2D eigenvalue weighted by Crippen LogP contribution is -2.53. The van der Waals surface area contributed by atoms with E-state index in [9.17, 15) is 14.7 Å². The molecular formula is C16H23N3O4. The number of rotatable bonds is 5. The number of benzene rings is 1. The van der Waals surface area contributed by atoms with Crippen LogP contribution in [0.15, 0.2) is 30.3 Å². The second-order valence-corrected chi connectivity index (χ2v) is 5.72. The molecule has 7 nitrogen and oxygen atoms in total. The first-order chi connectivity index (χ1) is 11.1. The van der Waals surface area contributed by atoms with Crippen molar-refractivity contribution in [3.8, 4) is 0 Å². The van der Waals surface area contributed by atoms with Crippen LogP contribution in [0, 0.1) is 0 Å². The molecule has 0 radical (unpaired) electrons. The molecule has 1 fully saturated rings. The average molecular weight is 321 g/mol. The van der Waals surface area contributed by atoms with Gasteiger partial charge in [-0.05, 0) is 24.9 Å². The Morgan fingerprint density at radius 3 is 2.74 bits per heavy atom. The summed E-state index contributed by atoms with van der Waals surface area (Å²) in [6.07, 6.45) is -0.157. The van der Waals surface area contributed by atoms with E-state index in [0.717, 1.165) is 18.5 Å². The van der Waals surface area contributed by atoms with Crippen LogP contribution in [0.2, 0.25) is 0 Å². The van der Waals surface area contributed by atoms with Gasteiger partial charge < -0.3 is 26.2 Å². The molecule has 0 aromatic heterocycles. The van der Waals surface area contributed by atoms with Gasteiger partial charge in [-0.25, -0.2) is 4.79 Å². The van der Waals surface area contributed by atoms with Crippen LogP contribution < -0.4 is 16.0 Å². The lowest BCUT2D eigenvalue weighted by atomic mass is 10.0. The Morgan fingerprint density at radius 1 is 1.30 bits per heavy atom. The summed E-state index contributed by atoms with van der Waals surface area (Å²) in [7, 11) is 0. The fraction of sp³-hybridized carbons (Fsp3) is 0.500. The topological polar surface area (TPSA) is 111 Å². The molecule has 1 aliphatic rings. The number of β-amino-alcohol motifs (C(OH)–C–C–N with tert-alkyl or cyclic N) is 1.